The van der Waals surface area contributed by atoms with Crippen molar-refractivity contribution in [2.75, 3.05) is 6.61 Å². The highest BCUT2D eigenvalue weighted by Crippen LogP contribution is 2.18. The second-order valence-corrected chi connectivity index (χ2v) is 4.52. The highest BCUT2D eigenvalue weighted by Gasteiger charge is 2.13. The van der Waals surface area contributed by atoms with E-state index in [2.05, 4.69) is 6.07 Å². The van der Waals surface area contributed by atoms with Crippen molar-refractivity contribution in [1.82, 2.24) is 4.57 Å². The van der Waals surface area contributed by atoms with Crippen molar-refractivity contribution in [1.29, 1.82) is 5.26 Å². The maximum Gasteiger partial charge on any atom is 0.308 e. The number of aliphatic hydroxyl groups excluding tert-OH is 1. The van der Waals surface area contributed by atoms with Crippen LogP contribution in [0.2, 0.25) is 0 Å². The number of fused-ring (bicyclic) bond motifs is 1. The Hall–Kier alpha value is -2.32. The van der Waals surface area contributed by atoms with E-state index in [1.54, 1.807) is 19.1 Å². The number of carbonyl (C=O) groups excluding carboxylic acids is 1. The second-order valence-electron chi connectivity index (χ2n) is 4.52. The van der Waals surface area contributed by atoms with E-state index in [1.807, 2.05) is 22.9 Å². The Bertz CT molecular complexity index is 655. The third-order valence-electron chi connectivity index (χ3n) is 3.02. The largest absolute Gasteiger partial charge is 0.466 e. The molecule has 2 aromatic rings. The smallest absolute Gasteiger partial charge is 0.308 e. The number of carbonyl (C=O) groups is 1. The number of aliphatic hydroxyl groups is 1. The van der Waals surface area contributed by atoms with Crippen LogP contribution in [-0.2, 0) is 16.1 Å². The van der Waals surface area contributed by atoms with Gasteiger partial charge in [-0.25, -0.2) is 0 Å². The van der Waals surface area contributed by atoms with Gasteiger partial charge in [0.25, 0.3) is 0 Å². The molecule has 0 fully saturated rings. The molecule has 20 heavy (non-hydrogen) atoms. The lowest BCUT2D eigenvalue weighted by atomic mass is 10.2. The number of rotatable bonds is 5. The van der Waals surface area contributed by atoms with Crippen molar-refractivity contribution in [3.8, 4) is 6.07 Å². The fraction of sp³-hybridized carbons (Fsp3) is 0.333. The summed E-state index contributed by atoms with van der Waals surface area (Å²) in [5, 5.41) is 19.7. The van der Waals surface area contributed by atoms with Gasteiger partial charge in [0.1, 0.15) is 0 Å². The molecule has 0 saturated heterocycles. The predicted octanol–water partition coefficient (Wildman–Crippen LogP) is 1.83. The lowest BCUT2D eigenvalue weighted by Crippen LogP contribution is -2.20. The Morgan fingerprint density at radius 3 is 3.00 bits per heavy atom. The maximum atomic E-state index is 11.3. The van der Waals surface area contributed by atoms with E-state index < -0.39 is 12.1 Å². The van der Waals surface area contributed by atoms with Gasteiger partial charge in [0.2, 0.25) is 0 Å². The number of benzene rings is 1. The minimum absolute atomic E-state index is 0.0240. The molecule has 1 unspecified atom stereocenters. The number of hydrogen-bond acceptors (Lipinski definition) is 4. The Morgan fingerprint density at radius 1 is 1.50 bits per heavy atom. The first-order valence-electron chi connectivity index (χ1n) is 6.46. The Kier molecular flexibility index (Phi) is 4.38. The van der Waals surface area contributed by atoms with E-state index in [4.69, 9.17) is 10.00 Å². The molecular weight excluding hydrogens is 256 g/mol. The van der Waals surface area contributed by atoms with Crippen LogP contribution in [0.15, 0.2) is 30.5 Å². The van der Waals surface area contributed by atoms with Crippen LogP contribution in [0.3, 0.4) is 0 Å². The highest BCUT2D eigenvalue weighted by atomic mass is 16.5. The molecule has 1 aromatic heterocycles. The van der Waals surface area contributed by atoms with E-state index in [1.165, 1.54) is 0 Å². The van der Waals surface area contributed by atoms with E-state index in [-0.39, 0.29) is 6.42 Å². The maximum absolute atomic E-state index is 11.3. The first kappa shape index (κ1) is 14.1. The summed E-state index contributed by atoms with van der Waals surface area (Å²) < 4.78 is 6.67. The van der Waals surface area contributed by atoms with Crippen LogP contribution in [0.1, 0.15) is 18.9 Å². The molecule has 1 aromatic carbocycles. The molecule has 0 spiro atoms. The van der Waals surface area contributed by atoms with Crippen molar-refractivity contribution < 1.29 is 14.6 Å². The first-order valence-corrected chi connectivity index (χ1v) is 6.46. The summed E-state index contributed by atoms with van der Waals surface area (Å²) in [7, 11) is 0. The monoisotopic (exact) mass is 272 g/mol. The van der Waals surface area contributed by atoms with Gasteiger partial charge in [-0.2, -0.15) is 5.26 Å². The fourth-order valence-corrected chi connectivity index (χ4v) is 2.13. The zero-order valence-corrected chi connectivity index (χ0v) is 11.2. The molecule has 1 atom stereocenters. The lowest BCUT2D eigenvalue weighted by Gasteiger charge is -2.12. The summed E-state index contributed by atoms with van der Waals surface area (Å²) in [4.78, 5) is 11.3. The molecule has 0 amide bonds. The van der Waals surface area contributed by atoms with Gasteiger partial charge in [-0.3, -0.25) is 4.79 Å². The van der Waals surface area contributed by atoms with Crippen LogP contribution in [0, 0.1) is 11.3 Å². The van der Waals surface area contributed by atoms with Gasteiger partial charge in [0, 0.05) is 23.6 Å². The predicted molar refractivity (Wildman–Crippen MR) is 73.9 cm³/mol. The Balaban J connectivity index is 2.10. The van der Waals surface area contributed by atoms with Crippen LogP contribution >= 0.6 is 0 Å². The molecule has 0 saturated carbocycles. The van der Waals surface area contributed by atoms with Crippen LogP contribution < -0.4 is 0 Å². The van der Waals surface area contributed by atoms with Crippen LogP contribution in [0.5, 0.6) is 0 Å². The molecule has 0 aliphatic carbocycles. The molecule has 2 rings (SSSR count). The van der Waals surface area contributed by atoms with E-state index in [0.717, 1.165) is 10.9 Å². The Labute approximate surface area is 117 Å². The summed E-state index contributed by atoms with van der Waals surface area (Å²) in [5.41, 5.74) is 1.52. The number of ether oxygens (including phenoxy) is 1. The normalized spacial score (nSPS) is 12.1. The minimum atomic E-state index is -0.791. The zero-order chi connectivity index (χ0) is 14.5. The van der Waals surface area contributed by atoms with Crippen molar-refractivity contribution >= 4 is 16.9 Å². The lowest BCUT2D eigenvalue weighted by molar-refractivity contribution is -0.145. The van der Waals surface area contributed by atoms with Gasteiger partial charge >= 0.3 is 5.97 Å². The number of esters is 1. The molecule has 0 aliphatic rings. The number of nitrogens with zero attached hydrogens (tertiary/aromatic N) is 2. The molecule has 0 bridgehead atoms. The molecule has 104 valence electrons. The molecule has 0 aliphatic heterocycles. The number of nitriles is 1. The third-order valence-corrected chi connectivity index (χ3v) is 3.02. The quantitative estimate of drug-likeness (QED) is 0.842. The van der Waals surface area contributed by atoms with Crippen LogP contribution in [0.25, 0.3) is 10.9 Å². The van der Waals surface area contributed by atoms with Crippen LogP contribution in [0.4, 0.5) is 0 Å². The number of aromatic nitrogens is 1. The van der Waals surface area contributed by atoms with E-state index in [9.17, 15) is 9.90 Å². The standard InChI is InChI=1S/C15H16N2O3/c1-2-20-15(19)8-13(18)10-17-6-5-12-7-11(9-16)3-4-14(12)17/h3-7,13,18H,2,8,10H2,1H3. The van der Waals surface area contributed by atoms with E-state index in [0.29, 0.717) is 18.7 Å². The molecule has 5 heteroatoms. The SMILES string of the molecule is CCOC(=O)CC(O)Cn1ccc2cc(C#N)ccc21. The molecule has 0 radical (unpaired) electrons. The van der Waals surface area contributed by atoms with Crippen molar-refractivity contribution in [2.45, 2.75) is 26.0 Å². The molecule has 1 heterocycles. The van der Waals surface area contributed by atoms with Gasteiger partial charge in [0.15, 0.2) is 0 Å². The van der Waals surface area contributed by atoms with Crippen molar-refractivity contribution in [3.63, 3.8) is 0 Å². The first-order chi connectivity index (χ1) is 9.63. The molecule has 5 nitrogen and oxygen atoms in total. The number of hydrogen-bond donors (Lipinski definition) is 1. The fourth-order valence-electron chi connectivity index (χ4n) is 2.13. The summed E-state index contributed by atoms with van der Waals surface area (Å²) in [6.45, 7) is 2.36. The summed E-state index contributed by atoms with van der Waals surface area (Å²) in [6, 6.07) is 9.34. The van der Waals surface area contributed by atoms with Gasteiger partial charge < -0.3 is 14.4 Å². The average molecular weight is 272 g/mol. The Morgan fingerprint density at radius 2 is 2.30 bits per heavy atom. The summed E-state index contributed by atoms with van der Waals surface area (Å²) >= 11 is 0. The summed E-state index contributed by atoms with van der Waals surface area (Å²) in [6.07, 6.45) is 1.02. The van der Waals surface area contributed by atoms with Gasteiger partial charge in [-0.15, -0.1) is 0 Å². The topological polar surface area (TPSA) is 75.2 Å². The van der Waals surface area contributed by atoms with Gasteiger partial charge in [-0.05, 0) is 31.2 Å². The van der Waals surface area contributed by atoms with E-state index >= 15 is 0 Å². The van der Waals surface area contributed by atoms with Gasteiger partial charge in [-0.1, -0.05) is 0 Å². The molecule has 1 N–H and O–H groups in total. The average Bonchev–Trinajstić information content (AvgIpc) is 2.81. The second kappa shape index (κ2) is 6.22. The third kappa shape index (κ3) is 3.16. The minimum Gasteiger partial charge on any atom is -0.466 e. The van der Waals surface area contributed by atoms with Crippen molar-refractivity contribution in [3.05, 3.63) is 36.0 Å². The van der Waals surface area contributed by atoms with Crippen LogP contribution in [-0.4, -0.2) is 28.4 Å². The van der Waals surface area contributed by atoms with Crippen molar-refractivity contribution in [2.24, 2.45) is 0 Å². The van der Waals surface area contributed by atoms with Gasteiger partial charge in [0.05, 0.1) is 30.8 Å². The molecular formula is C15H16N2O3. The zero-order valence-electron chi connectivity index (χ0n) is 11.2. The summed E-state index contributed by atoms with van der Waals surface area (Å²) in [5.74, 6) is -0.400. The highest BCUT2D eigenvalue weighted by molar-refractivity contribution is 5.81.